The summed E-state index contributed by atoms with van der Waals surface area (Å²) in [5, 5.41) is 25.7. The average Bonchev–Trinajstić information content (AvgIpc) is 3.64. The largest absolute Gasteiger partial charge is 0.394 e. The van der Waals surface area contributed by atoms with Gasteiger partial charge in [-0.2, -0.15) is 0 Å². The molecular formula is C31H39ClN6O7S. The number of fused-ring (bicyclic) bond motifs is 1. The highest BCUT2D eigenvalue weighted by molar-refractivity contribution is 7.12. The van der Waals surface area contributed by atoms with Crippen LogP contribution in [0.4, 0.5) is 0 Å². The summed E-state index contributed by atoms with van der Waals surface area (Å²) in [5.41, 5.74) is 0.646. The lowest BCUT2D eigenvalue weighted by molar-refractivity contribution is -0.143. The Hall–Kier alpha value is -4.01. The number of rotatable bonds is 6. The van der Waals surface area contributed by atoms with E-state index in [0.29, 0.717) is 5.56 Å². The van der Waals surface area contributed by atoms with Crippen LogP contribution in [-0.2, 0) is 24.0 Å². The lowest BCUT2D eigenvalue weighted by Gasteiger charge is -2.30. The second kappa shape index (κ2) is 15.5. The van der Waals surface area contributed by atoms with Gasteiger partial charge in [-0.25, -0.2) is 0 Å². The van der Waals surface area contributed by atoms with Crippen LogP contribution in [0.2, 0.25) is 5.02 Å². The first kappa shape index (κ1) is 34.9. The van der Waals surface area contributed by atoms with Crippen LogP contribution in [0.25, 0.3) is 0 Å². The first-order valence-electron chi connectivity index (χ1n) is 15.1. The minimum atomic E-state index is -1.44. The quantitative estimate of drug-likeness (QED) is 0.262. The van der Waals surface area contributed by atoms with Gasteiger partial charge in [0.25, 0.3) is 5.91 Å². The van der Waals surface area contributed by atoms with E-state index >= 15 is 0 Å². The Morgan fingerprint density at radius 2 is 1.72 bits per heavy atom. The zero-order valence-electron chi connectivity index (χ0n) is 25.7. The van der Waals surface area contributed by atoms with Crippen LogP contribution in [-0.4, -0.2) is 88.8 Å². The number of nitrogens with zero attached hydrogens (tertiary/aromatic N) is 1. The van der Waals surface area contributed by atoms with Gasteiger partial charge < -0.3 is 36.6 Å². The molecule has 6 atom stereocenters. The van der Waals surface area contributed by atoms with Crippen molar-refractivity contribution in [1.29, 1.82) is 0 Å². The molecule has 2 aliphatic heterocycles. The molecule has 2 aliphatic rings. The van der Waals surface area contributed by atoms with E-state index in [1.165, 1.54) is 11.8 Å². The van der Waals surface area contributed by atoms with Crippen molar-refractivity contribution in [3.63, 3.8) is 0 Å². The Morgan fingerprint density at radius 3 is 2.35 bits per heavy atom. The molecule has 0 bridgehead atoms. The molecule has 248 valence electrons. The molecule has 3 heterocycles. The summed E-state index contributed by atoms with van der Waals surface area (Å²) in [6, 6.07) is 4.27. The van der Waals surface area contributed by atoms with Gasteiger partial charge in [-0.15, -0.1) is 11.3 Å². The normalized spacial score (nSPS) is 26.6. The van der Waals surface area contributed by atoms with E-state index in [9.17, 15) is 33.9 Å². The molecule has 13 nitrogen and oxygen atoms in total. The number of halogens is 1. The highest BCUT2D eigenvalue weighted by atomic mass is 35.5. The van der Waals surface area contributed by atoms with Gasteiger partial charge in [0.1, 0.15) is 29.0 Å². The van der Waals surface area contributed by atoms with Gasteiger partial charge in [0, 0.05) is 12.6 Å². The summed E-state index contributed by atoms with van der Waals surface area (Å²) in [7, 11) is 0. The number of aliphatic hydroxyl groups is 1. The van der Waals surface area contributed by atoms with E-state index in [2.05, 4.69) is 26.6 Å². The fourth-order valence-electron chi connectivity index (χ4n) is 5.55. The van der Waals surface area contributed by atoms with Gasteiger partial charge in [0.2, 0.25) is 29.5 Å². The molecular weight excluding hydrogens is 636 g/mol. The van der Waals surface area contributed by atoms with Crippen molar-refractivity contribution in [2.75, 3.05) is 13.2 Å². The molecule has 0 radical (unpaired) electrons. The lowest BCUT2D eigenvalue weighted by atomic mass is 10.00. The van der Waals surface area contributed by atoms with Crippen LogP contribution in [0.5, 0.6) is 0 Å². The monoisotopic (exact) mass is 674 g/mol. The molecule has 6 amide bonds. The van der Waals surface area contributed by atoms with E-state index < -0.39 is 78.3 Å². The van der Waals surface area contributed by atoms with Crippen molar-refractivity contribution in [2.45, 2.75) is 76.3 Å². The number of aliphatic hydroxyl groups excluding tert-OH is 1. The van der Waals surface area contributed by atoms with Crippen molar-refractivity contribution >= 4 is 58.4 Å². The molecule has 6 N–H and O–H groups in total. The van der Waals surface area contributed by atoms with E-state index in [-0.39, 0.29) is 41.6 Å². The van der Waals surface area contributed by atoms with Crippen molar-refractivity contribution in [3.05, 3.63) is 57.2 Å². The van der Waals surface area contributed by atoms with Crippen LogP contribution in [0, 0.1) is 5.92 Å². The predicted octanol–water partition coefficient (Wildman–Crippen LogP) is 0.875. The summed E-state index contributed by atoms with van der Waals surface area (Å²) < 4.78 is 0. The highest BCUT2D eigenvalue weighted by Gasteiger charge is 2.44. The van der Waals surface area contributed by atoms with Crippen LogP contribution in [0.3, 0.4) is 0 Å². The van der Waals surface area contributed by atoms with Crippen molar-refractivity contribution in [1.82, 2.24) is 31.5 Å². The molecule has 4 rings (SSSR count). The number of amides is 6. The second-order valence-corrected chi connectivity index (χ2v) is 13.2. The standard InChI is InChI=1S/C31H39ClN6O7S/c1-16(2)11-22-28(42)37-23(15-39)31(45)38-14-19(34-30(44)26-20(32)9-10-46-26)12-24(38)29(43)33-17(3)27(41)36-21(13-25(40)35-22)18-7-5-4-6-8-18/h4-10,16-17,19,21-24,39H,11-15H2,1-3H3,(H,33,43)(H,34,44)(H,35,40)(H,36,41)(H,37,42)/t17-,19-,21+,22-,23+,24-/m0/s1. The first-order valence-corrected chi connectivity index (χ1v) is 16.3. The van der Waals surface area contributed by atoms with Gasteiger partial charge in [-0.05, 0) is 42.7 Å². The molecule has 0 saturated carbocycles. The number of hydrogen-bond donors (Lipinski definition) is 6. The third-order valence-electron chi connectivity index (χ3n) is 7.86. The Bertz CT molecular complexity index is 1450. The molecule has 1 aromatic carbocycles. The molecule has 0 spiro atoms. The number of carbonyl (C=O) groups excluding carboxylic acids is 6. The Morgan fingerprint density at radius 1 is 1.00 bits per heavy atom. The third-order valence-corrected chi connectivity index (χ3v) is 9.20. The number of carbonyl (C=O) groups is 6. The maximum absolute atomic E-state index is 13.8. The first-order chi connectivity index (χ1) is 21.9. The molecule has 0 unspecified atom stereocenters. The van der Waals surface area contributed by atoms with E-state index in [1.807, 2.05) is 13.8 Å². The Labute approximate surface area is 275 Å². The van der Waals surface area contributed by atoms with Gasteiger partial charge in [-0.3, -0.25) is 28.8 Å². The molecule has 2 fully saturated rings. The molecule has 2 saturated heterocycles. The lowest BCUT2D eigenvalue weighted by Crippen LogP contribution is -2.59. The highest BCUT2D eigenvalue weighted by Crippen LogP contribution is 2.25. The van der Waals surface area contributed by atoms with Gasteiger partial charge >= 0.3 is 0 Å². The summed E-state index contributed by atoms with van der Waals surface area (Å²) in [6.07, 6.45) is 0.0372. The maximum atomic E-state index is 13.8. The molecule has 2 aromatic rings. The van der Waals surface area contributed by atoms with Crippen LogP contribution in [0.1, 0.15) is 61.3 Å². The number of benzene rings is 1. The number of thiophene rings is 1. The van der Waals surface area contributed by atoms with Crippen LogP contribution >= 0.6 is 22.9 Å². The molecule has 0 aliphatic carbocycles. The Balaban J connectivity index is 1.66. The molecule has 46 heavy (non-hydrogen) atoms. The Kier molecular flexibility index (Phi) is 11.8. The fraction of sp³-hybridized carbons (Fsp3) is 0.484. The van der Waals surface area contributed by atoms with E-state index in [4.69, 9.17) is 11.6 Å². The number of hydrogen-bond acceptors (Lipinski definition) is 8. The van der Waals surface area contributed by atoms with Crippen LogP contribution < -0.4 is 26.6 Å². The number of nitrogens with one attached hydrogen (secondary N) is 5. The third kappa shape index (κ3) is 8.62. The summed E-state index contributed by atoms with van der Waals surface area (Å²) in [4.78, 5) is 81.8. The van der Waals surface area contributed by atoms with Crippen LogP contribution in [0.15, 0.2) is 41.8 Å². The molecule has 15 heteroatoms. The van der Waals surface area contributed by atoms with Crippen molar-refractivity contribution in [2.24, 2.45) is 5.92 Å². The van der Waals surface area contributed by atoms with Gasteiger partial charge in [-0.1, -0.05) is 55.8 Å². The summed E-state index contributed by atoms with van der Waals surface area (Å²) >= 11 is 7.26. The summed E-state index contributed by atoms with van der Waals surface area (Å²) in [5.74, 6) is -3.70. The SMILES string of the molecule is CC(C)C[C@@H]1NC(=O)C[C@H](c2ccccc2)NC(=O)[C@H](C)NC(=O)[C@@H]2C[C@H](NC(=O)c3sccc3Cl)CN2C(=O)[C@@H](CO)NC1=O. The van der Waals surface area contributed by atoms with Crippen molar-refractivity contribution < 1.29 is 33.9 Å². The average molecular weight is 675 g/mol. The molecule has 1 aromatic heterocycles. The van der Waals surface area contributed by atoms with Gasteiger partial charge in [0.15, 0.2) is 0 Å². The van der Waals surface area contributed by atoms with E-state index in [0.717, 1.165) is 11.3 Å². The van der Waals surface area contributed by atoms with Gasteiger partial charge in [0.05, 0.1) is 24.1 Å². The summed E-state index contributed by atoms with van der Waals surface area (Å²) in [6.45, 7) is 4.32. The smallest absolute Gasteiger partial charge is 0.263 e. The zero-order valence-corrected chi connectivity index (χ0v) is 27.3. The van der Waals surface area contributed by atoms with E-state index in [1.54, 1.807) is 41.8 Å². The minimum Gasteiger partial charge on any atom is -0.394 e. The topological polar surface area (TPSA) is 186 Å². The minimum absolute atomic E-state index is 0.00537. The maximum Gasteiger partial charge on any atom is 0.263 e. The zero-order chi connectivity index (χ0) is 33.5. The predicted molar refractivity (Wildman–Crippen MR) is 171 cm³/mol. The fourth-order valence-corrected chi connectivity index (χ4v) is 6.59. The second-order valence-electron chi connectivity index (χ2n) is 11.9. The van der Waals surface area contributed by atoms with Crippen molar-refractivity contribution in [3.8, 4) is 0 Å².